The van der Waals surface area contributed by atoms with Gasteiger partial charge in [0.05, 0.1) is 35.1 Å². The fourth-order valence-electron chi connectivity index (χ4n) is 4.35. The largest absolute Gasteiger partial charge is 0.434 e. The first-order chi connectivity index (χ1) is 17.8. The summed E-state index contributed by atoms with van der Waals surface area (Å²) in [5, 5.41) is 0. The summed E-state index contributed by atoms with van der Waals surface area (Å²) in [6.45, 7) is 1.34. The van der Waals surface area contributed by atoms with E-state index in [-0.39, 0.29) is 35.4 Å². The molecule has 13 heteroatoms. The van der Waals surface area contributed by atoms with Gasteiger partial charge in [-0.05, 0) is 61.4 Å². The summed E-state index contributed by atoms with van der Waals surface area (Å²) < 4.78 is 108. The molecule has 0 saturated carbocycles. The third-order valence-electron chi connectivity index (χ3n) is 6.30. The predicted octanol–water partition coefficient (Wildman–Crippen LogP) is 5.13. The van der Waals surface area contributed by atoms with Gasteiger partial charge >= 0.3 is 6.18 Å². The quantitative estimate of drug-likeness (QED) is 0.377. The lowest BCUT2D eigenvalue weighted by molar-refractivity contribution is -0.141. The lowest BCUT2D eigenvalue weighted by Gasteiger charge is -2.26. The van der Waals surface area contributed by atoms with Crippen LogP contribution in [-0.2, 0) is 27.4 Å². The van der Waals surface area contributed by atoms with E-state index < -0.39 is 57.6 Å². The molecule has 1 aromatic heterocycles. The number of benzene rings is 2. The lowest BCUT2D eigenvalue weighted by atomic mass is 10.00. The molecule has 3 aromatic rings. The maximum atomic E-state index is 14.6. The van der Waals surface area contributed by atoms with Crippen molar-refractivity contribution in [3.05, 3.63) is 77.8 Å². The fraction of sp³-hybridized carbons (Fsp3) is 0.320. The molecule has 6 nitrogen and oxygen atoms in total. The molecule has 4 rings (SSSR count). The number of nitrogens with zero attached hydrogens (tertiary/aromatic N) is 3. The normalized spacial score (nSPS) is 20.6. The molecule has 1 fully saturated rings. The zero-order valence-corrected chi connectivity index (χ0v) is 20.6. The number of halogens is 6. The Hall–Kier alpha value is -3.32. The molecule has 202 valence electrons. The molecule has 38 heavy (non-hydrogen) atoms. The molecule has 1 aliphatic rings. The monoisotopic (exact) mass is 557 g/mol. The number of ketones is 1. The highest BCUT2D eigenvalue weighted by molar-refractivity contribution is 7.89. The van der Waals surface area contributed by atoms with E-state index >= 15 is 0 Å². The minimum atomic E-state index is -4.69. The van der Waals surface area contributed by atoms with Crippen molar-refractivity contribution in [2.75, 3.05) is 0 Å². The average molecular weight is 558 g/mol. The van der Waals surface area contributed by atoms with Gasteiger partial charge in [0.2, 0.25) is 10.0 Å². The van der Waals surface area contributed by atoms with E-state index in [1.165, 1.54) is 13.0 Å². The van der Waals surface area contributed by atoms with Crippen molar-refractivity contribution in [3.63, 3.8) is 0 Å². The Morgan fingerprint density at radius 2 is 1.71 bits per heavy atom. The minimum absolute atomic E-state index is 0.0217. The second-order valence-electron chi connectivity index (χ2n) is 8.90. The molecule has 0 aliphatic carbocycles. The summed E-state index contributed by atoms with van der Waals surface area (Å²) in [6, 6.07) is 5.09. The van der Waals surface area contributed by atoms with Crippen LogP contribution in [0.5, 0.6) is 0 Å². The molecule has 1 aliphatic heterocycles. The molecule has 0 unspecified atom stereocenters. The summed E-state index contributed by atoms with van der Waals surface area (Å²) in [5.74, 6) is -1.99. The van der Waals surface area contributed by atoms with Crippen molar-refractivity contribution >= 4 is 15.8 Å². The first-order valence-electron chi connectivity index (χ1n) is 11.4. The van der Waals surface area contributed by atoms with E-state index in [1.54, 1.807) is 0 Å². The third kappa shape index (κ3) is 5.73. The Morgan fingerprint density at radius 1 is 1.03 bits per heavy atom. The Kier molecular flexibility index (Phi) is 7.62. The van der Waals surface area contributed by atoms with Gasteiger partial charge in [0, 0.05) is 18.4 Å². The van der Waals surface area contributed by atoms with Crippen molar-refractivity contribution in [2.45, 2.75) is 55.5 Å². The van der Waals surface area contributed by atoms with Gasteiger partial charge in [-0.25, -0.2) is 26.6 Å². The van der Waals surface area contributed by atoms with Gasteiger partial charge in [-0.2, -0.15) is 17.5 Å². The molecule has 0 amide bonds. The molecule has 2 heterocycles. The van der Waals surface area contributed by atoms with Crippen molar-refractivity contribution < 1.29 is 39.6 Å². The number of carbonyl (C=O) groups is 1. The summed E-state index contributed by atoms with van der Waals surface area (Å²) in [4.78, 5) is 19.8. The Labute approximate surface area is 214 Å². The van der Waals surface area contributed by atoms with Crippen LogP contribution in [0.4, 0.5) is 26.3 Å². The van der Waals surface area contributed by atoms with Gasteiger partial charge in [0.1, 0.15) is 17.8 Å². The number of alkyl halides is 4. The van der Waals surface area contributed by atoms with Gasteiger partial charge in [0.15, 0.2) is 11.5 Å². The maximum Gasteiger partial charge on any atom is 0.434 e. The number of carbonyl (C=O) groups excluding carboxylic acids is 1. The second kappa shape index (κ2) is 10.4. The number of aryl methyl sites for hydroxylation is 1. The Morgan fingerprint density at radius 3 is 2.32 bits per heavy atom. The summed E-state index contributed by atoms with van der Waals surface area (Å²) in [7, 11) is -4.33. The van der Waals surface area contributed by atoms with E-state index in [0.29, 0.717) is 11.8 Å². The van der Waals surface area contributed by atoms with Crippen LogP contribution in [-0.4, -0.2) is 46.7 Å². The van der Waals surface area contributed by atoms with Crippen LogP contribution in [0.25, 0.3) is 11.3 Å². The first kappa shape index (κ1) is 27.7. The summed E-state index contributed by atoms with van der Waals surface area (Å²) in [5.41, 5.74) is -0.801. The molecule has 3 atom stereocenters. The van der Waals surface area contributed by atoms with Crippen molar-refractivity contribution in [1.29, 1.82) is 0 Å². The smallest absolute Gasteiger partial charge is 0.298 e. The van der Waals surface area contributed by atoms with Gasteiger partial charge in [0.25, 0.3) is 0 Å². The van der Waals surface area contributed by atoms with Crippen molar-refractivity contribution in [1.82, 2.24) is 14.3 Å². The SMILES string of the molecule is C[C@H]1[C@H](F)C[C@@H](C(=O)CCc2cc(F)cc(-c3cnc(C(F)(F)F)cn3)c2)N1S(=O)(=O)c1ccc(F)cc1. The summed E-state index contributed by atoms with van der Waals surface area (Å²) in [6.07, 6.45) is -5.60. The van der Waals surface area contributed by atoms with E-state index in [9.17, 15) is 39.6 Å². The molecule has 1 saturated heterocycles. The predicted molar refractivity (Wildman–Crippen MR) is 124 cm³/mol. The van der Waals surface area contributed by atoms with E-state index in [1.807, 2.05) is 0 Å². The molecular weight excluding hydrogens is 536 g/mol. The van der Waals surface area contributed by atoms with Crippen LogP contribution >= 0.6 is 0 Å². The molecule has 0 N–H and O–H groups in total. The van der Waals surface area contributed by atoms with Crippen LogP contribution < -0.4 is 0 Å². The Bertz CT molecular complexity index is 1430. The third-order valence-corrected chi connectivity index (χ3v) is 8.31. The van der Waals surface area contributed by atoms with Crippen LogP contribution in [0, 0.1) is 11.6 Å². The van der Waals surface area contributed by atoms with Crippen LogP contribution in [0.1, 0.15) is 31.0 Å². The number of rotatable bonds is 7. The number of hydrogen-bond donors (Lipinski definition) is 0. The lowest BCUT2D eigenvalue weighted by Crippen LogP contribution is -2.44. The minimum Gasteiger partial charge on any atom is -0.298 e. The van der Waals surface area contributed by atoms with Crippen LogP contribution in [0.15, 0.2) is 59.8 Å². The highest BCUT2D eigenvalue weighted by atomic mass is 32.2. The number of hydrogen-bond acceptors (Lipinski definition) is 5. The number of Topliss-reactive ketones (excluding diaryl/α,β-unsaturated/α-hetero) is 1. The van der Waals surface area contributed by atoms with Gasteiger partial charge < -0.3 is 0 Å². The van der Waals surface area contributed by atoms with Gasteiger partial charge in [-0.1, -0.05) is 0 Å². The van der Waals surface area contributed by atoms with E-state index in [4.69, 9.17) is 0 Å². The maximum absolute atomic E-state index is 14.6. The Balaban J connectivity index is 1.53. The first-order valence-corrected chi connectivity index (χ1v) is 12.9. The zero-order chi connectivity index (χ0) is 27.8. The summed E-state index contributed by atoms with van der Waals surface area (Å²) >= 11 is 0. The molecule has 0 radical (unpaired) electrons. The fourth-order valence-corrected chi connectivity index (χ4v) is 6.18. The zero-order valence-electron chi connectivity index (χ0n) is 19.8. The number of sulfonamides is 1. The topological polar surface area (TPSA) is 80.2 Å². The van der Waals surface area contributed by atoms with E-state index in [0.717, 1.165) is 46.9 Å². The molecule has 2 aromatic carbocycles. The van der Waals surface area contributed by atoms with E-state index in [2.05, 4.69) is 9.97 Å². The average Bonchev–Trinajstić information content (AvgIpc) is 3.17. The molecular formula is C25H21F6N3O3S. The van der Waals surface area contributed by atoms with Crippen LogP contribution in [0.2, 0.25) is 0 Å². The van der Waals surface area contributed by atoms with Crippen molar-refractivity contribution in [3.8, 4) is 11.3 Å². The van der Waals surface area contributed by atoms with Gasteiger partial charge in [-0.15, -0.1) is 0 Å². The van der Waals surface area contributed by atoms with Crippen molar-refractivity contribution in [2.24, 2.45) is 0 Å². The highest BCUT2D eigenvalue weighted by Crippen LogP contribution is 2.34. The van der Waals surface area contributed by atoms with Gasteiger partial charge in [-0.3, -0.25) is 9.78 Å². The second-order valence-corrected chi connectivity index (χ2v) is 10.7. The molecule has 0 bridgehead atoms. The molecule has 0 spiro atoms. The number of aromatic nitrogens is 2. The van der Waals surface area contributed by atoms with Crippen LogP contribution in [0.3, 0.4) is 0 Å². The standard InChI is InChI=1S/C25H21F6N3O3S/c1-14-20(28)11-22(34(14)38(36,37)19-5-3-17(26)4-6-19)23(35)7-2-15-8-16(10-18(27)9-15)21-12-33-24(13-32-21)25(29,30)31/h3-6,8-10,12-14,20,22H,2,7,11H2,1H3/t14-,20+,22-/m0/s1. The highest BCUT2D eigenvalue weighted by Gasteiger charge is 2.48.